The van der Waals surface area contributed by atoms with E-state index in [0.29, 0.717) is 13.1 Å². The molecular weight excluding hydrogens is 295 g/mol. The zero-order valence-electron chi connectivity index (χ0n) is 12.7. The average Bonchev–Trinajstić information content (AvgIpc) is 2.46. The number of alkyl halides is 3. The van der Waals surface area contributed by atoms with Gasteiger partial charge in [0.15, 0.2) is 0 Å². The Labute approximate surface area is 127 Å². The van der Waals surface area contributed by atoms with Gasteiger partial charge in [-0.2, -0.15) is 18.4 Å². The van der Waals surface area contributed by atoms with Crippen molar-refractivity contribution < 1.29 is 18.0 Å². The van der Waals surface area contributed by atoms with Crippen LogP contribution in [0.3, 0.4) is 0 Å². The lowest BCUT2D eigenvalue weighted by atomic mass is 10.1. The molecule has 0 aliphatic carbocycles. The summed E-state index contributed by atoms with van der Waals surface area (Å²) >= 11 is 0. The van der Waals surface area contributed by atoms with E-state index in [1.165, 1.54) is 17.0 Å². The topological polar surface area (TPSA) is 47.3 Å². The normalized spacial score (nSPS) is 11.0. The molecule has 0 aliphatic heterocycles. The fraction of sp³-hybridized carbons (Fsp3) is 0.467. The summed E-state index contributed by atoms with van der Waals surface area (Å²) in [7, 11) is 1.54. The van der Waals surface area contributed by atoms with Crippen molar-refractivity contribution in [1.29, 1.82) is 5.26 Å². The van der Waals surface area contributed by atoms with Crippen molar-refractivity contribution >= 4 is 11.6 Å². The van der Waals surface area contributed by atoms with E-state index >= 15 is 0 Å². The number of carbonyl (C=O) groups excluding carboxylic acids is 1. The van der Waals surface area contributed by atoms with E-state index in [4.69, 9.17) is 5.26 Å². The fourth-order valence-corrected chi connectivity index (χ4v) is 2.07. The van der Waals surface area contributed by atoms with Crippen molar-refractivity contribution in [1.82, 2.24) is 4.90 Å². The van der Waals surface area contributed by atoms with E-state index in [1.54, 1.807) is 11.9 Å². The van der Waals surface area contributed by atoms with Crippen LogP contribution < -0.4 is 4.90 Å². The first kappa shape index (κ1) is 17.8. The zero-order valence-corrected chi connectivity index (χ0v) is 12.7. The van der Waals surface area contributed by atoms with Gasteiger partial charge in [-0.15, -0.1) is 0 Å². The zero-order chi connectivity index (χ0) is 16.9. The molecule has 1 aromatic rings. The van der Waals surface area contributed by atoms with Gasteiger partial charge in [0.05, 0.1) is 23.7 Å². The summed E-state index contributed by atoms with van der Waals surface area (Å²) in [5.41, 5.74) is -1.18. The van der Waals surface area contributed by atoms with Gasteiger partial charge in [0.25, 0.3) is 0 Å². The number of halogens is 3. The number of rotatable bonds is 5. The Bertz CT molecular complexity index is 574. The predicted octanol–water partition coefficient (Wildman–Crippen LogP) is 2.88. The third-order valence-corrected chi connectivity index (χ3v) is 3.36. The van der Waals surface area contributed by atoms with Crippen molar-refractivity contribution in [3.05, 3.63) is 29.3 Å². The van der Waals surface area contributed by atoms with E-state index in [2.05, 4.69) is 0 Å². The van der Waals surface area contributed by atoms with Gasteiger partial charge in [-0.3, -0.25) is 4.79 Å². The molecule has 22 heavy (non-hydrogen) atoms. The van der Waals surface area contributed by atoms with Crippen LogP contribution in [0.25, 0.3) is 0 Å². The first-order valence-electron chi connectivity index (χ1n) is 6.84. The van der Waals surface area contributed by atoms with Gasteiger partial charge in [0.1, 0.15) is 0 Å². The molecule has 0 saturated heterocycles. The summed E-state index contributed by atoms with van der Waals surface area (Å²) in [5, 5.41) is 8.77. The lowest BCUT2D eigenvalue weighted by molar-refractivity contribution is -0.137. The van der Waals surface area contributed by atoms with Gasteiger partial charge < -0.3 is 9.80 Å². The Morgan fingerprint density at radius 3 is 2.32 bits per heavy atom. The van der Waals surface area contributed by atoms with Crippen LogP contribution >= 0.6 is 0 Å². The predicted molar refractivity (Wildman–Crippen MR) is 77.4 cm³/mol. The number of carbonyl (C=O) groups is 1. The van der Waals surface area contributed by atoms with Crippen LogP contribution in [0.15, 0.2) is 18.2 Å². The number of anilines is 1. The molecule has 0 unspecified atom stereocenters. The number of nitriles is 1. The van der Waals surface area contributed by atoms with Crippen LogP contribution in [0.1, 0.15) is 25.0 Å². The van der Waals surface area contributed by atoms with E-state index < -0.39 is 17.3 Å². The second kappa shape index (κ2) is 7.16. The van der Waals surface area contributed by atoms with E-state index in [9.17, 15) is 18.0 Å². The van der Waals surface area contributed by atoms with Gasteiger partial charge in [-0.05, 0) is 32.0 Å². The largest absolute Gasteiger partial charge is 0.417 e. The molecule has 0 aliphatic rings. The van der Waals surface area contributed by atoms with E-state index in [1.807, 2.05) is 13.8 Å². The van der Waals surface area contributed by atoms with Crippen LogP contribution in [-0.2, 0) is 11.0 Å². The number of nitrogens with zero attached hydrogens (tertiary/aromatic N) is 3. The van der Waals surface area contributed by atoms with Crippen molar-refractivity contribution in [3.8, 4) is 6.07 Å². The summed E-state index contributed by atoms with van der Waals surface area (Å²) in [5.74, 6) is -0.162. The lowest BCUT2D eigenvalue weighted by Crippen LogP contribution is -2.38. The highest BCUT2D eigenvalue weighted by molar-refractivity contribution is 5.81. The average molecular weight is 313 g/mol. The monoisotopic (exact) mass is 313 g/mol. The van der Waals surface area contributed by atoms with Crippen LogP contribution in [-0.4, -0.2) is 37.5 Å². The molecule has 0 spiro atoms. The van der Waals surface area contributed by atoms with Crippen molar-refractivity contribution in [3.63, 3.8) is 0 Å². The van der Waals surface area contributed by atoms with Gasteiger partial charge in [-0.1, -0.05) is 0 Å². The molecule has 0 aromatic heterocycles. The number of likely N-dealkylation sites (N-methyl/N-ethyl adjacent to an activating group) is 2. The minimum absolute atomic E-state index is 0.0229. The second-order valence-corrected chi connectivity index (χ2v) is 4.76. The Balaban J connectivity index is 3.03. The summed E-state index contributed by atoms with van der Waals surface area (Å²) in [6.45, 7) is 4.75. The van der Waals surface area contributed by atoms with Gasteiger partial charge >= 0.3 is 6.18 Å². The second-order valence-electron chi connectivity index (χ2n) is 4.76. The van der Waals surface area contributed by atoms with Crippen molar-refractivity contribution in [2.24, 2.45) is 0 Å². The van der Waals surface area contributed by atoms with Crippen molar-refractivity contribution in [2.45, 2.75) is 20.0 Å². The number of amides is 1. The van der Waals surface area contributed by atoms with Crippen LogP contribution in [0.4, 0.5) is 18.9 Å². The molecule has 0 N–H and O–H groups in total. The highest BCUT2D eigenvalue weighted by atomic mass is 19.4. The molecule has 0 saturated carbocycles. The van der Waals surface area contributed by atoms with E-state index in [0.717, 1.165) is 12.1 Å². The molecular formula is C15H18F3N3O. The molecule has 1 aromatic carbocycles. The summed E-state index contributed by atoms with van der Waals surface area (Å²) in [4.78, 5) is 15.0. The third-order valence-electron chi connectivity index (χ3n) is 3.36. The Morgan fingerprint density at radius 2 is 1.86 bits per heavy atom. The highest BCUT2D eigenvalue weighted by Crippen LogP contribution is 2.34. The van der Waals surface area contributed by atoms with Gasteiger partial charge in [0, 0.05) is 25.8 Å². The highest BCUT2D eigenvalue weighted by Gasteiger charge is 2.34. The molecule has 1 rings (SSSR count). The maximum Gasteiger partial charge on any atom is 0.417 e. The molecule has 7 heteroatoms. The minimum Gasteiger partial charge on any atom is -0.365 e. The SMILES string of the molecule is CCN(CC)C(=O)CN(C)c1ccc(C#N)c(C(F)(F)F)c1. The van der Waals surface area contributed by atoms with Crippen LogP contribution in [0.2, 0.25) is 0 Å². The number of hydrogen-bond donors (Lipinski definition) is 0. The molecule has 4 nitrogen and oxygen atoms in total. The Morgan fingerprint density at radius 1 is 1.27 bits per heavy atom. The van der Waals surface area contributed by atoms with Crippen molar-refractivity contribution in [2.75, 3.05) is 31.6 Å². The van der Waals surface area contributed by atoms with Gasteiger partial charge in [-0.25, -0.2) is 0 Å². The Hall–Kier alpha value is -2.23. The lowest BCUT2D eigenvalue weighted by Gasteiger charge is -2.25. The maximum absolute atomic E-state index is 12.9. The first-order valence-corrected chi connectivity index (χ1v) is 6.84. The smallest absolute Gasteiger partial charge is 0.365 e. The molecule has 0 radical (unpaired) electrons. The van der Waals surface area contributed by atoms with E-state index in [-0.39, 0.29) is 18.1 Å². The number of benzene rings is 1. The van der Waals surface area contributed by atoms with Crippen LogP contribution in [0.5, 0.6) is 0 Å². The molecule has 120 valence electrons. The van der Waals surface area contributed by atoms with Gasteiger partial charge in [0.2, 0.25) is 5.91 Å². The fourth-order valence-electron chi connectivity index (χ4n) is 2.07. The quantitative estimate of drug-likeness (QED) is 0.840. The summed E-state index contributed by atoms with van der Waals surface area (Å²) in [6.07, 6.45) is -4.61. The van der Waals surface area contributed by atoms with Crippen LogP contribution in [0, 0.1) is 11.3 Å². The number of hydrogen-bond acceptors (Lipinski definition) is 3. The Kier molecular flexibility index (Phi) is 5.80. The molecule has 0 bridgehead atoms. The standard InChI is InChI=1S/C15H18F3N3O/c1-4-21(5-2)14(22)10-20(3)12-7-6-11(9-19)13(8-12)15(16,17)18/h6-8H,4-5,10H2,1-3H3. The molecule has 0 heterocycles. The third kappa shape index (κ3) is 4.13. The maximum atomic E-state index is 12.9. The molecule has 0 fully saturated rings. The molecule has 1 amide bonds. The minimum atomic E-state index is -4.61. The molecule has 0 atom stereocenters. The first-order chi connectivity index (χ1) is 10.2. The summed E-state index contributed by atoms with van der Waals surface area (Å²) in [6, 6.07) is 4.96. The summed E-state index contributed by atoms with van der Waals surface area (Å²) < 4.78 is 38.8.